The molecular weight excluding hydrogens is 208 g/mol. The number of hydrogen-bond acceptors (Lipinski definition) is 3. The zero-order valence-electron chi connectivity index (χ0n) is 7.81. The van der Waals surface area contributed by atoms with E-state index in [2.05, 4.69) is 0 Å². The van der Waals surface area contributed by atoms with Gasteiger partial charge in [-0.3, -0.25) is 0 Å². The van der Waals surface area contributed by atoms with Gasteiger partial charge in [0.15, 0.2) is 0 Å². The van der Waals surface area contributed by atoms with Gasteiger partial charge in [0.2, 0.25) is 0 Å². The Hall–Kier alpha value is -1.61. The lowest BCUT2D eigenvalue weighted by atomic mass is 10.3. The lowest BCUT2D eigenvalue weighted by Gasteiger charge is -2.19. The van der Waals surface area contributed by atoms with E-state index in [1.54, 1.807) is 23.9 Å². The van der Waals surface area contributed by atoms with Crippen LogP contribution < -0.4 is 4.74 Å². The van der Waals surface area contributed by atoms with Crippen LogP contribution in [0.4, 0.5) is 0 Å². The molecule has 1 aliphatic rings. The number of phenolic OH excluding ortho intramolecular Hbond substituents is 1. The highest BCUT2D eigenvalue weighted by Gasteiger charge is 2.17. The molecule has 0 saturated carbocycles. The monoisotopic (exact) mass is 216 g/mol. The summed E-state index contributed by atoms with van der Waals surface area (Å²) in [5.74, 6) is 1.80. The second-order valence-corrected chi connectivity index (χ2v) is 4.37. The third-order valence-corrected chi connectivity index (χ3v) is 3.33. The van der Waals surface area contributed by atoms with E-state index in [0.717, 1.165) is 21.3 Å². The highest BCUT2D eigenvalue weighted by Crippen LogP contribution is 2.47. The molecule has 0 amide bonds. The molecule has 0 spiro atoms. The van der Waals surface area contributed by atoms with E-state index < -0.39 is 0 Å². The van der Waals surface area contributed by atoms with Crippen molar-refractivity contribution in [3.05, 3.63) is 42.5 Å². The molecule has 0 radical (unpaired) electrons. The third kappa shape index (κ3) is 1.45. The molecule has 3 heteroatoms. The van der Waals surface area contributed by atoms with E-state index in [9.17, 15) is 5.11 Å². The van der Waals surface area contributed by atoms with Gasteiger partial charge in [-0.1, -0.05) is 23.9 Å². The minimum Gasteiger partial charge on any atom is -0.508 e. The van der Waals surface area contributed by atoms with Crippen molar-refractivity contribution < 1.29 is 9.84 Å². The second kappa shape index (κ2) is 3.21. The lowest BCUT2D eigenvalue weighted by molar-refractivity contribution is 0.438. The van der Waals surface area contributed by atoms with Crippen LogP contribution in [0.3, 0.4) is 0 Å². The number of phenols is 1. The molecule has 0 unspecified atom stereocenters. The van der Waals surface area contributed by atoms with E-state index in [-0.39, 0.29) is 5.75 Å². The van der Waals surface area contributed by atoms with Crippen LogP contribution in [0.25, 0.3) is 0 Å². The van der Waals surface area contributed by atoms with Crippen LogP contribution >= 0.6 is 11.8 Å². The van der Waals surface area contributed by atoms with Crippen LogP contribution in [-0.2, 0) is 0 Å². The van der Waals surface area contributed by atoms with Gasteiger partial charge >= 0.3 is 0 Å². The van der Waals surface area contributed by atoms with Crippen LogP contribution in [0.1, 0.15) is 0 Å². The summed E-state index contributed by atoms with van der Waals surface area (Å²) in [6.07, 6.45) is 0. The first-order valence-corrected chi connectivity index (χ1v) is 5.42. The number of benzene rings is 2. The van der Waals surface area contributed by atoms with Gasteiger partial charge in [-0.2, -0.15) is 0 Å². The quantitative estimate of drug-likeness (QED) is 0.622. The summed E-state index contributed by atoms with van der Waals surface area (Å²) in [6.45, 7) is 0. The van der Waals surface area contributed by atoms with E-state index >= 15 is 0 Å². The fourth-order valence-corrected chi connectivity index (χ4v) is 2.45. The van der Waals surface area contributed by atoms with Crippen LogP contribution in [0.5, 0.6) is 17.2 Å². The predicted molar refractivity (Wildman–Crippen MR) is 58.7 cm³/mol. The van der Waals surface area contributed by atoms with E-state index in [0.29, 0.717) is 0 Å². The highest BCUT2D eigenvalue weighted by atomic mass is 32.2. The Morgan fingerprint density at radius 1 is 0.933 bits per heavy atom. The number of hydrogen-bond donors (Lipinski definition) is 1. The molecule has 1 heterocycles. The molecule has 0 fully saturated rings. The number of aromatic hydroxyl groups is 1. The Kier molecular flexibility index (Phi) is 1.86. The lowest BCUT2D eigenvalue weighted by Crippen LogP contribution is -1.93. The Morgan fingerprint density at radius 3 is 2.67 bits per heavy atom. The van der Waals surface area contributed by atoms with Crippen LogP contribution in [0.2, 0.25) is 0 Å². The number of ether oxygens (including phenoxy) is 1. The van der Waals surface area contributed by atoms with Crippen molar-refractivity contribution in [1.29, 1.82) is 0 Å². The first-order valence-electron chi connectivity index (χ1n) is 4.61. The van der Waals surface area contributed by atoms with Gasteiger partial charge < -0.3 is 9.84 Å². The van der Waals surface area contributed by atoms with Crippen molar-refractivity contribution in [3.8, 4) is 17.2 Å². The van der Waals surface area contributed by atoms with Crippen molar-refractivity contribution in [2.75, 3.05) is 0 Å². The minimum atomic E-state index is 0.230. The van der Waals surface area contributed by atoms with Gasteiger partial charge in [0.05, 0.1) is 9.79 Å². The number of rotatable bonds is 0. The topological polar surface area (TPSA) is 29.5 Å². The zero-order valence-corrected chi connectivity index (χ0v) is 8.62. The van der Waals surface area contributed by atoms with Gasteiger partial charge in [0.25, 0.3) is 0 Å². The van der Waals surface area contributed by atoms with Crippen molar-refractivity contribution in [1.82, 2.24) is 0 Å². The SMILES string of the molecule is Oc1ccc2c(c1)Oc1ccccc1S2. The normalized spacial score (nSPS) is 12.5. The molecule has 1 N–H and O–H groups in total. The third-order valence-electron chi connectivity index (χ3n) is 2.22. The maximum absolute atomic E-state index is 9.35. The molecule has 2 nitrogen and oxygen atoms in total. The predicted octanol–water partition coefficient (Wildman–Crippen LogP) is 3.65. The summed E-state index contributed by atoms with van der Waals surface area (Å²) in [7, 11) is 0. The zero-order chi connectivity index (χ0) is 10.3. The van der Waals surface area contributed by atoms with Crippen molar-refractivity contribution in [3.63, 3.8) is 0 Å². The molecule has 1 aliphatic heterocycles. The Labute approximate surface area is 91.5 Å². The molecule has 15 heavy (non-hydrogen) atoms. The largest absolute Gasteiger partial charge is 0.508 e. The molecule has 3 rings (SSSR count). The molecule has 0 saturated heterocycles. The van der Waals surface area contributed by atoms with Crippen LogP contribution in [0, 0.1) is 0 Å². The van der Waals surface area contributed by atoms with E-state index in [4.69, 9.17) is 4.74 Å². The molecule has 0 aliphatic carbocycles. The average Bonchev–Trinajstić information content (AvgIpc) is 2.26. The minimum absolute atomic E-state index is 0.230. The summed E-state index contributed by atoms with van der Waals surface area (Å²) < 4.78 is 5.68. The standard InChI is InChI=1S/C12H8O2S/c13-8-5-6-12-10(7-8)14-9-3-1-2-4-11(9)15-12/h1-7,13H. The van der Waals surface area contributed by atoms with Crippen molar-refractivity contribution in [2.45, 2.75) is 9.79 Å². The average molecular weight is 216 g/mol. The van der Waals surface area contributed by atoms with E-state index in [1.165, 1.54) is 0 Å². The van der Waals surface area contributed by atoms with Crippen molar-refractivity contribution >= 4 is 11.8 Å². The first kappa shape index (κ1) is 8.68. The molecule has 2 aromatic carbocycles. The second-order valence-electron chi connectivity index (χ2n) is 3.28. The molecule has 0 atom stereocenters. The fourth-order valence-electron chi connectivity index (χ4n) is 1.52. The maximum atomic E-state index is 9.35. The Balaban J connectivity index is 2.11. The molecule has 2 aromatic rings. The Morgan fingerprint density at radius 2 is 1.73 bits per heavy atom. The Bertz CT molecular complexity index is 523. The molecule has 0 bridgehead atoms. The summed E-state index contributed by atoms with van der Waals surface area (Å²) in [4.78, 5) is 2.14. The van der Waals surface area contributed by atoms with Gasteiger partial charge in [0, 0.05) is 6.07 Å². The fraction of sp³-hybridized carbons (Fsp3) is 0. The van der Waals surface area contributed by atoms with Crippen LogP contribution in [-0.4, -0.2) is 5.11 Å². The number of para-hydroxylation sites is 1. The summed E-state index contributed by atoms with van der Waals surface area (Å²) in [5, 5.41) is 9.35. The summed E-state index contributed by atoms with van der Waals surface area (Å²) in [5.41, 5.74) is 0. The molecule has 0 aromatic heterocycles. The maximum Gasteiger partial charge on any atom is 0.145 e. The first-order chi connectivity index (χ1) is 7.33. The van der Waals surface area contributed by atoms with Crippen LogP contribution in [0.15, 0.2) is 52.3 Å². The molecule has 74 valence electrons. The van der Waals surface area contributed by atoms with Gasteiger partial charge in [-0.15, -0.1) is 0 Å². The smallest absolute Gasteiger partial charge is 0.145 e. The summed E-state index contributed by atoms with van der Waals surface area (Å²) >= 11 is 1.66. The number of fused-ring (bicyclic) bond motifs is 2. The molecular formula is C12H8O2S. The van der Waals surface area contributed by atoms with Crippen molar-refractivity contribution in [2.24, 2.45) is 0 Å². The van der Waals surface area contributed by atoms with E-state index in [1.807, 2.05) is 30.3 Å². The highest BCUT2D eigenvalue weighted by molar-refractivity contribution is 7.99. The summed E-state index contributed by atoms with van der Waals surface area (Å²) in [6, 6.07) is 13.0. The van der Waals surface area contributed by atoms with Gasteiger partial charge in [-0.05, 0) is 24.3 Å². The van der Waals surface area contributed by atoms with Gasteiger partial charge in [0.1, 0.15) is 17.2 Å². The van der Waals surface area contributed by atoms with Gasteiger partial charge in [-0.25, -0.2) is 0 Å².